The fraction of sp³-hybridized carbons (Fsp3) is 0.400. The van der Waals surface area contributed by atoms with Crippen LogP contribution in [0, 0.1) is 5.92 Å². The Kier molecular flexibility index (Phi) is 5.60. The summed E-state index contributed by atoms with van der Waals surface area (Å²) in [5, 5.41) is 19.3. The van der Waals surface area contributed by atoms with Crippen LogP contribution < -0.4 is 4.90 Å². The van der Waals surface area contributed by atoms with Crippen molar-refractivity contribution < 1.29 is 13.5 Å². The van der Waals surface area contributed by atoms with Crippen molar-refractivity contribution in [1.82, 2.24) is 15.0 Å². The minimum Gasteiger partial charge on any atom is -0.506 e. The maximum Gasteiger partial charge on any atom is 0.175 e. The zero-order chi connectivity index (χ0) is 20.5. The highest BCUT2D eigenvalue weighted by Crippen LogP contribution is 2.28. The van der Waals surface area contributed by atoms with E-state index >= 15 is 0 Å². The molecule has 1 heterocycles. The van der Waals surface area contributed by atoms with Crippen LogP contribution in [0.5, 0.6) is 5.75 Å². The Balaban J connectivity index is 1.93. The van der Waals surface area contributed by atoms with Gasteiger partial charge in [0.1, 0.15) is 22.5 Å². The molecule has 28 heavy (non-hydrogen) atoms. The number of aromatic hydroxyl groups is 1. The molecule has 0 saturated heterocycles. The van der Waals surface area contributed by atoms with Crippen LogP contribution in [0.1, 0.15) is 27.2 Å². The van der Waals surface area contributed by atoms with Crippen molar-refractivity contribution in [2.24, 2.45) is 5.92 Å². The molecule has 0 unspecified atom stereocenters. The van der Waals surface area contributed by atoms with E-state index in [1.54, 1.807) is 18.2 Å². The van der Waals surface area contributed by atoms with E-state index in [1.807, 2.05) is 6.07 Å². The molecule has 8 heteroatoms. The Labute approximate surface area is 165 Å². The average molecular weight is 403 g/mol. The maximum absolute atomic E-state index is 11.7. The Morgan fingerprint density at radius 1 is 1.11 bits per heavy atom. The summed E-state index contributed by atoms with van der Waals surface area (Å²) in [6, 6.07) is 10.0. The average Bonchev–Trinajstić information content (AvgIpc) is 3.04. The van der Waals surface area contributed by atoms with Crippen LogP contribution in [0.25, 0.3) is 16.7 Å². The van der Waals surface area contributed by atoms with Gasteiger partial charge in [-0.3, -0.25) is 0 Å². The summed E-state index contributed by atoms with van der Waals surface area (Å²) >= 11 is 0. The van der Waals surface area contributed by atoms with Crippen LogP contribution in [-0.4, -0.2) is 47.9 Å². The molecule has 0 spiro atoms. The number of hydrogen-bond donors (Lipinski definition) is 1. The Morgan fingerprint density at radius 2 is 1.82 bits per heavy atom. The van der Waals surface area contributed by atoms with Gasteiger partial charge >= 0.3 is 0 Å². The molecule has 0 aliphatic carbocycles. The predicted octanol–water partition coefficient (Wildman–Crippen LogP) is 3.40. The molecule has 0 aliphatic heterocycles. The molecule has 7 nitrogen and oxygen atoms in total. The molecule has 0 fully saturated rings. The van der Waals surface area contributed by atoms with Crippen molar-refractivity contribution in [2.45, 2.75) is 32.1 Å². The lowest BCUT2D eigenvalue weighted by atomic mass is 10.1. The zero-order valence-corrected chi connectivity index (χ0v) is 17.4. The summed E-state index contributed by atoms with van der Waals surface area (Å²) in [5.74, 6) is 0.684. The molecule has 0 atom stereocenters. The number of phenols is 1. The van der Waals surface area contributed by atoms with Gasteiger partial charge in [0.25, 0.3) is 0 Å². The SMILES string of the molecule is CCN(CCC(C)C)c1ccc(-n2nc3ccc(S(C)(=O)=O)cc3n2)c(O)c1. The number of anilines is 1. The van der Waals surface area contributed by atoms with Gasteiger partial charge in [-0.2, -0.15) is 0 Å². The van der Waals surface area contributed by atoms with Crippen molar-refractivity contribution in [2.75, 3.05) is 24.2 Å². The first-order valence-corrected chi connectivity index (χ1v) is 11.2. The Hall–Kier alpha value is -2.61. The second kappa shape index (κ2) is 7.79. The van der Waals surface area contributed by atoms with E-state index in [9.17, 15) is 13.5 Å². The van der Waals surface area contributed by atoms with Gasteiger partial charge in [-0.1, -0.05) is 13.8 Å². The Morgan fingerprint density at radius 3 is 2.43 bits per heavy atom. The molecule has 0 radical (unpaired) electrons. The summed E-state index contributed by atoms with van der Waals surface area (Å²) in [7, 11) is -3.32. The number of aromatic nitrogens is 3. The van der Waals surface area contributed by atoms with E-state index in [2.05, 4.69) is 35.9 Å². The number of fused-ring (bicyclic) bond motifs is 1. The third-order valence-corrected chi connectivity index (χ3v) is 5.79. The standard InChI is InChI=1S/C20H26N4O3S/c1-5-23(11-10-14(2)3)15-6-9-19(20(25)12-15)24-21-17-8-7-16(28(4,26)27)13-18(17)22-24/h6-9,12-14,25H,5,10-11H2,1-4H3. The van der Waals surface area contributed by atoms with Crippen LogP contribution in [0.4, 0.5) is 5.69 Å². The van der Waals surface area contributed by atoms with E-state index in [1.165, 1.54) is 16.9 Å². The van der Waals surface area contributed by atoms with Gasteiger partial charge in [-0.05, 0) is 49.6 Å². The summed E-state index contributed by atoms with van der Waals surface area (Å²) in [6.45, 7) is 8.25. The molecule has 3 aromatic rings. The highest BCUT2D eigenvalue weighted by Gasteiger charge is 2.14. The van der Waals surface area contributed by atoms with E-state index in [4.69, 9.17) is 0 Å². The summed E-state index contributed by atoms with van der Waals surface area (Å²) in [4.78, 5) is 3.74. The number of phenolic OH excluding ortho intramolecular Hbond substituents is 1. The molecule has 0 bridgehead atoms. The van der Waals surface area contributed by atoms with E-state index < -0.39 is 9.84 Å². The lowest BCUT2D eigenvalue weighted by Gasteiger charge is -2.24. The second-order valence-electron chi connectivity index (χ2n) is 7.35. The fourth-order valence-electron chi connectivity index (χ4n) is 2.99. The van der Waals surface area contributed by atoms with Gasteiger partial charge in [-0.25, -0.2) is 8.42 Å². The molecule has 0 saturated carbocycles. The van der Waals surface area contributed by atoms with Gasteiger partial charge in [0.05, 0.1) is 4.90 Å². The summed E-state index contributed by atoms with van der Waals surface area (Å²) < 4.78 is 23.5. The monoisotopic (exact) mass is 402 g/mol. The molecule has 3 rings (SSSR count). The number of rotatable bonds is 7. The first-order valence-electron chi connectivity index (χ1n) is 9.34. The third kappa shape index (κ3) is 4.27. The number of nitrogens with zero attached hydrogens (tertiary/aromatic N) is 4. The second-order valence-corrected chi connectivity index (χ2v) is 9.36. The minimum absolute atomic E-state index is 0.0733. The summed E-state index contributed by atoms with van der Waals surface area (Å²) in [5.41, 5.74) is 2.41. The van der Waals surface area contributed by atoms with Crippen molar-refractivity contribution in [1.29, 1.82) is 0 Å². The Bertz CT molecular complexity index is 1090. The highest BCUT2D eigenvalue weighted by atomic mass is 32.2. The van der Waals surface area contributed by atoms with Crippen LogP contribution in [0.2, 0.25) is 0 Å². The van der Waals surface area contributed by atoms with Crippen molar-refractivity contribution in [3.05, 3.63) is 36.4 Å². The van der Waals surface area contributed by atoms with Gasteiger partial charge in [0.2, 0.25) is 0 Å². The molecule has 0 aliphatic rings. The lowest BCUT2D eigenvalue weighted by Crippen LogP contribution is -2.24. The quantitative estimate of drug-likeness (QED) is 0.652. The van der Waals surface area contributed by atoms with Crippen LogP contribution in [-0.2, 0) is 9.84 Å². The smallest absolute Gasteiger partial charge is 0.175 e. The van der Waals surface area contributed by atoms with Crippen LogP contribution in [0.15, 0.2) is 41.3 Å². The molecular weight excluding hydrogens is 376 g/mol. The highest BCUT2D eigenvalue weighted by molar-refractivity contribution is 7.90. The topological polar surface area (TPSA) is 88.3 Å². The molecule has 150 valence electrons. The van der Waals surface area contributed by atoms with Gasteiger partial charge < -0.3 is 10.0 Å². The lowest BCUT2D eigenvalue weighted by molar-refractivity contribution is 0.467. The molecule has 0 amide bonds. The predicted molar refractivity (Wildman–Crippen MR) is 111 cm³/mol. The van der Waals surface area contributed by atoms with E-state index in [-0.39, 0.29) is 10.6 Å². The zero-order valence-electron chi connectivity index (χ0n) is 16.6. The van der Waals surface area contributed by atoms with Crippen molar-refractivity contribution >= 4 is 26.6 Å². The third-order valence-electron chi connectivity index (χ3n) is 4.68. The van der Waals surface area contributed by atoms with Gasteiger partial charge in [-0.15, -0.1) is 15.0 Å². The first kappa shape index (κ1) is 20.1. The minimum atomic E-state index is -3.32. The van der Waals surface area contributed by atoms with E-state index in [0.29, 0.717) is 22.6 Å². The fourth-order valence-corrected chi connectivity index (χ4v) is 3.64. The molecule has 2 aromatic carbocycles. The molecular formula is C20H26N4O3S. The maximum atomic E-state index is 11.7. The van der Waals surface area contributed by atoms with E-state index in [0.717, 1.165) is 31.5 Å². The normalized spacial score (nSPS) is 12.0. The first-order chi connectivity index (χ1) is 13.2. The van der Waals surface area contributed by atoms with Crippen LogP contribution in [0.3, 0.4) is 0 Å². The van der Waals surface area contributed by atoms with Gasteiger partial charge in [0.15, 0.2) is 9.84 Å². The number of hydrogen-bond acceptors (Lipinski definition) is 6. The molecule has 1 N–H and O–H groups in total. The number of sulfone groups is 1. The summed E-state index contributed by atoms with van der Waals surface area (Å²) in [6.07, 6.45) is 2.23. The molecule has 1 aromatic heterocycles. The van der Waals surface area contributed by atoms with Gasteiger partial charge in [0, 0.05) is 31.1 Å². The van der Waals surface area contributed by atoms with Crippen molar-refractivity contribution in [3.63, 3.8) is 0 Å². The van der Waals surface area contributed by atoms with Crippen LogP contribution >= 0.6 is 0 Å². The number of benzene rings is 2. The largest absolute Gasteiger partial charge is 0.506 e. The van der Waals surface area contributed by atoms with Crippen molar-refractivity contribution in [3.8, 4) is 11.4 Å².